The minimum absolute atomic E-state index is 0.0813. The lowest BCUT2D eigenvalue weighted by molar-refractivity contribution is -0.116. The molecule has 1 aliphatic carbocycles. The molecule has 0 saturated heterocycles. The average molecular weight is 361 g/mol. The number of carbonyl (C=O) groups is 1. The van der Waals surface area contributed by atoms with Crippen molar-refractivity contribution in [3.8, 4) is 11.1 Å². The Hall–Kier alpha value is -2.88. The third-order valence-electron chi connectivity index (χ3n) is 5.39. The molecule has 4 nitrogen and oxygen atoms in total. The van der Waals surface area contributed by atoms with Crippen molar-refractivity contribution in [2.75, 3.05) is 18.0 Å². The minimum Gasteiger partial charge on any atom is -0.372 e. The summed E-state index contributed by atoms with van der Waals surface area (Å²) in [5, 5.41) is 3.99. The Labute approximate surface area is 161 Å². The van der Waals surface area contributed by atoms with E-state index < -0.39 is 0 Å². The van der Waals surface area contributed by atoms with Crippen LogP contribution >= 0.6 is 0 Å². The molecule has 2 aromatic rings. The van der Waals surface area contributed by atoms with Gasteiger partial charge in [-0.25, -0.2) is 5.43 Å². The molecular weight excluding hydrogens is 334 g/mol. The summed E-state index contributed by atoms with van der Waals surface area (Å²) in [5.41, 5.74) is 9.79. The highest BCUT2D eigenvalue weighted by Crippen LogP contribution is 2.49. The van der Waals surface area contributed by atoms with Crippen molar-refractivity contribution in [2.45, 2.75) is 33.1 Å². The van der Waals surface area contributed by atoms with Crippen LogP contribution in [0, 0.1) is 0 Å². The maximum absolute atomic E-state index is 11.2. The van der Waals surface area contributed by atoms with E-state index in [4.69, 9.17) is 0 Å². The van der Waals surface area contributed by atoms with Crippen LogP contribution in [0.4, 0.5) is 5.69 Å². The second-order valence-electron chi connectivity index (χ2n) is 7.27. The van der Waals surface area contributed by atoms with Gasteiger partial charge in [-0.1, -0.05) is 38.6 Å². The molecule has 0 fully saturated rings. The number of carbonyl (C=O) groups excluding carboxylic acids is 1. The molecule has 2 aromatic carbocycles. The summed E-state index contributed by atoms with van der Waals surface area (Å²) in [6.45, 7) is 14.3. The topological polar surface area (TPSA) is 44.7 Å². The van der Waals surface area contributed by atoms with Gasteiger partial charge in [0, 0.05) is 24.2 Å². The van der Waals surface area contributed by atoms with Gasteiger partial charge in [-0.05, 0) is 65.9 Å². The van der Waals surface area contributed by atoms with Gasteiger partial charge in [0.15, 0.2) is 0 Å². The lowest BCUT2D eigenvalue weighted by atomic mass is 9.82. The normalized spacial score (nSPS) is 13.9. The molecule has 0 aromatic heterocycles. The maximum Gasteiger partial charge on any atom is 0.263 e. The second kappa shape index (κ2) is 7.39. The zero-order valence-corrected chi connectivity index (χ0v) is 16.5. The Balaban J connectivity index is 1.98. The van der Waals surface area contributed by atoms with Gasteiger partial charge in [-0.2, -0.15) is 5.10 Å². The van der Waals surface area contributed by atoms with Gasteiger partial charge >= 0.3 is 0 Å². The van der Waals surface area contributed by atoms with Crippen molar-refractivity contribution in [2.24, 2.45) is 5.10 Å². The van der Waals surface area contributed by atoms with Crippen molar-refractivity contribution >= 4 is 17.8 Å². The first-order valence-corrected chi connectivity index (χ1v) is 9.42. The van der Waals surface area contributed by atoms with Gasteiger partial charge in [-0.3, -0.25) is 4.79 Å². The highest BCUT2D eigenvalue weighted by molar-refractivity contribution is 5.90. The quantitative estimate of drug-likeness (QED) is 0.468. The number of rotatable bonds is 6. The van der Waals surface area contributed by atoms with Crippen LogP contribution in [0.15, 0.2) is 54.2 Å². The number of hydrogen-bond donors (Lipinski definition) is 1. The van der Waals surface area contributed by atoms with E-state index in [0.29, 0.717) is 0 Å². The van der Waals surface area contributed by atoms with E-state index in [2.05, 4.69) is 80.0 Å². The fourth-order valence-electron chi connectivity index (χ4n) is 3.82. The molecule has 140 valence electrons. The summed E-state index contributed by atoms with van der Waals surface area (Å²) in [7, 11) is 0. The van der Waals surface area contributed by atoms with Gasteiger partial charge in [-0.15, -0.1) is 0 Å². The van der Waals surface area contributed by atoms with Gasteiger partial charge in [0.05, 0.1) is 6.21 Å². The number of hydrazone groups is 1. The molecule has 0 radical (unpaired) electrons. The molecule has 0 bridgehead atoms. The standard InChI is InChI=1S/C23H27N3O/c1-6-22(27)25-24-15-16-9-11-18-19-12-10-17(26(7-2)8-3)14-21(19)23(4,5)20(18)13-16/h6,9-15H,1,7-8H2,2-5H3,(H,25,27)/b24-15+. The molecule has 0 unspecified atom stereocenters. The Morgan fingerprint density at radius 2 is 1.74 bits per heavy atom. The fourth-order valence-corrected chi connectivity index (χ4v) is 3.82. The van der Waals surface area contributed by atoms with E-state index >= 15 is 0 Å². The molecule has 0 aliphatic heterocycles. The SMILES string of the molecule is C=CC(=O)N/N=C/c1ccc2c(c1)C(C)(C)c1cc(N(CC)CC)ccc1-2. The number of benzene rings is 2. The number of fused-ring (bicyclic) bond motifs is 3. The molecular formula is C23H27N3O. The zero-order chi connectivity index (χ0) is 19.6. The molecule has 1 amide bonds. The summed E-state index contributed by atoms with van der Waals surface area (Å²) in [6.07, 6.45) is 2.87. The van der Waals surface area contributed by atoms with E-state index in [1.165, 1.54) is 34.0 Å². The largest absolute Gasteiger partial charge is 0.372 e. The third-order valence-corrected chi connectivity index (χ3v) is 5.39. The van der Waals surface area contributed by atoms with Crippen molar-refractivity contribution in [3.05, 3.63) is 65.7 Å². The number of anilines is 1. The van der Waals surface area contributed by atoms with Crippen LogP contribution in [-0.4, -0.2) is 25.2 Å². The predicted molar refractivity (Wildman–Crippen MR) is 114 cm³/mol. The Morgan fingerprint density at radius 3 is 2.37 bits per heavy atom. The number of nitrogens with one attached hydrogen (secondary N) is 1. The van der Waals surface area contributed by atoms with Crippen LogP contribution in [0.5, 0.6) is 0 Å². The first-order valence-electron chi connectivity index (χ1n) is 9.42. The Morgan fingerprint density at radius 1 is 1.11 bits per heavy atom. The molecule has 4 heteroatoms. The Bertz CT molecular complexity index is 908. The highest BCUT2D eigenvalue weighted by atomic mass is 16.2. The van der Waals surface area contributed by atoms with E-state index in [-0.39, 0.29) is 11.3 Å². The smallest absolute Gasteiger partial charge is 0.263 e. The van der Waals surface area contributed by atoms with Gasteiger partial charge < -0.3 is 4.90 Å². The monoisotopic (exact) mass is 361 g/mol. The van der Waals surface area contributed by atoms with Crippen LogP contribution in [-0.2, 0) is 10.2 Å². The van der Waals surface area contributed by atoms with Crippen LogP contribution in [0.25, 0.3) is 11.1 Å². The number of nitrogens with zero attached hydrogens (tertiary/aromatic N) is 2. The Kier molecular flexibility index (Phi) is 5.17. The average Bonchev–Trinajstić information content (AvgIpc) is 2.90. The number of hydrogen-bond acceptors (Lipinski definition) is 3. The van der Waals surface area contributed by atoms with Gasteiger partial charge in [0.2, 0.25) is 0 Å². The van der Waals surface area contributed by atoms with Crippen LogP contribution in [0.3, 0.4) is 0 Å². The highest BCUT2D eigenvalue weighted by Gasteiger charge is 2.35. The molecule has 0 saturated carbocycles. The van der Waals surface area contributed by atoms with Crippen molar-refractivity contribution in [3.63, 3.8) is 0 Å². The summed E-state index contributed by atoms with van der Waals surface area (Å²) >= 11 is 0. The summed E-state index contributed by atoms with van der Waals surface area (Å²) in [6, 6.07) is 13.1. The first kappa shape index (κ1) is 18.9. The van der Waals surface area contributed by atoms with Crippen molar-refractivity contribution < 1.29 is 4.79 Å². The summed E-state index contributed by atoms with van der Waals surface area (Å²) in [4.78, 5) is 13.6. The third kappa shape index (κ3) is 3.39. The molecule has 27 heavy (non-hydrogen) atoms. The zero-order valence-electron chi connectivity index (χ0n) is 16.5. The lowest BCUT2D eigenvalue weighted by Gasteiger charge is -2.25. The molecule has 1 N–H and O–H groups in total. The first-order chi connectivity index (χ1) is 12.9. The van der Waals surface area contributed by atoms with Gasteiger partial charge in [0.1, 0.15) is 0 Å². The molecule has 0 heterocycles. The number of amides is 1. The predicted octanol–water partition coefficient (Wildman–Crippen LogP) is 4.48. The second-order valence-corrected chi connectivity index (χ2v) is 7.27. The molecule has 0 spiro atoms. The molecule has 0 atom stereocenters. The minimum atomic E-state index is -0.316. The summed E-state index contributed by atoms with van der Waals surface area (Å²) < 4.78 is 0. The molecule has 3 rings (SSSR count). The maximum atomic E-state index is 11.2. The summed E-state index contributed by atoms with van der Waals surface area (Å²) in [5.74, 6) is -0.316. The van der Waals surface area contributed by atoms with E-state index in [9.17, 15) is 4.79 Å². The fraction of sp³-hybridized carbons (Fsp3) is 0.304. The van der Waals surface area contributed by atoms with E-state index in [0.717, 1.165) is 18.7 Å². The lowest BCUT2D eigenvalue weighted by Crippen LogP contribution is -2.23. The van der Waals surface area contributed by atoms with Crippen LogP contribution in [0.2, 0.25) is 0 Å². The van der Waals surface area contributed by atoms with E-state index in [1.807, 2.05) is 6.07 Å². The van der Waals surface area contributed by atoms with Crippen molar-refractivity contribution in [1.29, 1.82) is 0 Å². The van der Waals surface area contributed by atoms with Crippen molar-refractivity contribution in [1.82, 2.24) is 5.43 Å². The van der Waals surface area contributed by atoms with Crippen LogP contribution < -0.4 is 10.3 Å². The van der Waals surface area contributed by atoms with Crippen LogP contribution in [0.1, 0.15) is 44.4 Å². The van der Waals surface area contributed by atoms with Gasteiger partial charge in [0.25, 0.3) is 5.91 Å². The molecule has 1 aliphatic rings. The van der Waals surface area contributed by atoms with E-state index in [1.54, 1.807) is 6.21 Å².